The summed E-state index contributed by atoms with van der Waals surface area (Å²) in [5.41, 5.74) is 3.04. The first-order valence-electron chi connectivity index (χ1n) is 6.08. The van der Waals surface area contributed by atoms with Crippen LogP contribution in [0.1, 0.15) is 5.69 Å². The maximum atomic E-state index is 5.78. The van der Waals surface area contributed by atoms with E-state index in [1.165, 1.54) is 0 Å². The predicted octanol–water partition coefficient (Wildman–Crippen LogP) is 1.24. The number of rotatable bonds is 4. The summed E-state index contributed by atoms with van der Waals surface area (Å²) in [4.78, 5) is 6.73. The van der Waals surface area contributed by atoms with Gasteiger partial charge in [-0.3, -0.25) is 9.58 Å². The molecule has 1 saturated heterocycles. The molecule has 2 aromatic rings. The molecule has 0 unspecified atom stereocenters. The fourth-order valence-corrected chi connectivity index (χ4v) is 2.75. The fraction of sp³-hybridized carbons (Fsp3) is 0.500. The van der Waals surface area contributed by atoms with Crippen LogP contribution in [0.4, 0.5) is 0 Å². The molecule has 1 aliphatic rings. The molecular weight excluding hydrogens is 248 g/mol. The van der Waals surface area contributed by atoms with Crippen molar-refractivity contribution in [3.8, 4) is 0 Å². The number of ether oxygens (including phenoxy) is 1. The first-order chi connectivity index (χ1) is 8.90. The largest absolute Gasteiger partial charge is 0.374 e. The molecule has 0 radical (unpaired) electrons. The molecule has 0 N–H and O–H groups in total. The van der Waals surface area contributed by atoms with Gasteiger partial charge in [-0.05, 0) is 6.07 Å². The van der Waals surface area contributed by atoms with Crippen LogP contribution in [0.15, 0.2) is 29.4 Å². The Bertz CT molecular complexity index is 414. The van der Waals surface area contributed by atoms with Crippen LogP contribution in [-0.4, -0.2) is 45.5 Å². The Morgan fingerprint density at radius 1 is 1.50 bits per heavy atom. The third-order valence-corrected chi connectivity index (χ3v) is 3.68. The summed E-state index contributed by atoms with van der Waals surface area (Å²) < 4.78 is 7.71. The van der Waals surface area contributed by atoms with Gasteiger partial charge < -0.3 is 4.74 Å². The van der Waals surface area contributed by atoms with Crippen molar-refractivity contribution in [3.05, 3.63) is 35.0 Å². The average molecular weight is 264 g/mol. The summed E-state index contributed by atoms with van der Waals surface area (Å²) in [6, 6.07) is 1.94. The molecule has 5 nitrogen and oxygen atoms in total. The first kappa shape index (κ1) is 11.8. The van der Waals surface area contributed by atoms with Crippen LogP contribution in [0, 0.1) is 0 Å². The number of aromatic nitrogens is 3. The molecule has 1 atom stereocenters. The second-order valence-electron chi connectivity index (χ2n) is 4.44. The van der Waals surface area contributed by atoms with Gasteiger partial charge in [-0.2, -0.15) is 5.10 Å². The summed E-state index contributed by atoms with van der Waals surface area (Å²) in [6.45, 7) is 4.45. The number of hydrogen-bond donors (Lipinski definition) is 0. The van der Waals surface area contributed by atoms with Crippen LogP contribution in [0.5, 0.6) is 0 Å². The molecule has 0 amide bonds. The summed E-state index contributed by atoms with van der Waals surface area (Å²) in [6.07, 6.45) is 4.00. The lowest BCUT2D eigenvalue weighted by atomic mass is 10.2. The molecule has 0 spiro atoms. The highest BCUT2D eigenvalue weighted by Gasteiger charge is 2.21. The maximum absolute atomic E-state index is 5.78. The SMILES string of the molecule is c1cnn(C[C@H]2CN(Cc3cscn3)CCO2)c1. The average Bonchev–Trinajstić information content (AvgIpc) is 3.03. The smallest absolute Gasteiger partial charge is 0.0898 e. The highest BCUT2D eigenvalue weighted by Crippen LogP contribution is 2.11. The third-order valence-electron chi connectivity index (χ3n) is 3.04. The molecule has 0 bridgehead atoms. The zero-order valence-corrected chi connectivity index (χ0v) is 10.9. The molecule has 3 heterocycles. The molecule has 3 rings (SSSR count). The van der Waals surface area contributed by atoms with E-state index in [0.717, 1.165) is 38.5 Å². The van der Waals surface area contributed by atoms with E-state index in [1.54, 1.807) is 17.5 Å². The minimum atomic E-state index is 0.220. The number of thiazole rings is 1. The van der Waals surface area contributed by atoms with Gasteiger partial charge in [0.05, 0.1) is 30.5 Å². The Morgan fingerprint density at radius 3 is 3.28 bits per heavy atom. The van der Waals surface area contributed by atoms with Crippen LogP contribution < -0.4 is 0 Å². The minimum absolute atomic E-state index is 0.220. The second kappa shape index (κ2) is 5.60. The van der Waals surface area contributed by atoms with Crippen molar-refractivity contribution >= 4 is 11.3 Å². The van der Waals surface area contributed by atoms with Gasteiger partial charge in [0.15, 0.2) is 0 Å². The van der Waals surface area contributed by atoms with Crippen molar-refractivity contribution in [2.75, 3.05) is 19.7 Å². The Morgan fingerprint density at radius 2 is 2.50 bits per heavy atom. The van der Waals surface area contributed by atoms with E-state index >= 15 is 0 Å². The summed E-state index contributed by atoms with van der Waals surface area (Å²) in [5.74, 6) is 0. The van der Waals surface area contributed by atoms with Crippen LogP contribution >= 0.6 is 11.3 Å². The summed E-state index contributed by atoms with van der Waals surface area (Å²) >= 11 is 1.65. The molecule has 1 fully saturated rings. The van der Waals surface area contributed by atoms with Gasteiger partial charge in [0, 0.05) is 37.4 Å². The minimum Gasteiger partial charge on any atom is -0.374 e. The van der Waals surface area contributed by atoms with Crippen molar-refractivity contribution in [2.45, 2.75) is 19.2 Å². The molecular formula is C12H16N4OS. The Balaban J connectivity index is 1.55. The van der Waals surface area contributed by atoms with E-state index in [0.29, 0.717) is 0 Å². The van der Waals surface area contributed by atoms with Gasteiger partial charge in [0.25, 0.3) is 0 Å². The van der Waals surface area contributed by atoms with Gasteiger partial charge in [0.1, 0.15) is 0 Å². The molecule has 1 aliphatic heterocycles. The normalized spacial score (nSPS) is 21.2. The van der Waals surface area contributed by atoms with Crippen molar-refractivity contribution in [2.24, 2.45) is 0 Å². The zero-order chi connectivity index (χ0) is 12.2. The van der Waals surface area contributed by atoms with Crippen molar-refractivity contribution < 1.29 is 4.74 Å². The van der Waals surface area contributed by atoms with E-state index in [9.17, 15) is 0 Å². The lowest BCUT2D eigenvalue weighted by Crippen LogP contribution is -2.43. The standard InChI is InChI=1S/C12H16N4OS/c1-2-14-16(3-1)8-12-7-15(4-5-17-12)6-11-9-18-10-13-11/h1-3,9-10,12H,4-8H2/t12-/m1/s1. The second-order valence-corrected chi connectivity index (χ2v) is 5.15. The van der Waals surface area contributed by atoms with Crippen molar-refractivity contribution in [3.63, 3.8) is 0 Å². The van der Waals surface area contributed by atoms with E-state index in [1.807, 2.05) is 22.5 Å². The highest BCUT2D eigenvalue weighted by atomic mass is 32.1. The molecule has 96 valence electrons. The quantitative estimate of drug-likeness (QED) is 0.833. The van der Waals surface area contributed by atoms with Gasteiger partial charge in [-0.1, -0.05) is 0 Å². The van der Waals surface area contributed by atoms with Gasteiger partial charge in [-0.25, -0.2) is 4.98 Å². The van der Waals surface area contributed by atoms with Crippen LogP contribution in [0.3, 0.4) is 0 Å². The van der Waals surface area contributed by atoms with Crippen LogP contribution in [-0.2, 0) is 17.8 Å². The van der Waals surface area contributed by atoms with E-state index in [4.69, 9.17) is 4.74 Å². The van der Waals surface area contributed by atoms with Gasteiger partial charge in [0.2, 0.25) is 0 Å². The van der Waals surface area contributed by atoms with E-state index in [2.05, 4.69) is 20.4 Å². The zero-order valence-electron chi connectivity index (χ0n) is 10.1. The fourth-order valence-electron chi connectivity index (χ4n) is 2.20. The molecule has 6 heteroatoms. The molecule has 0 aliphatic carbocycles. The lowest BCUT2D eigenvalue weighted by Gasteiger charge is -2.32. The number of hydrogen-bond acceptors (Lipinski definition) is 5. The predicted molar refractivity (Wildman–Crippen MR) is 69.4 cm³/mol. The summed E-state index contributed by atoms with van der Waals surface area (Å²) in [7, 11) is 0. The maximum Gasteiger partial charge on any atom is 0.0898 e. The molecule has 0 saturated carbocycles. The number of morpholine rings is 1. The van der Waals surface area contributed by atoms with Crippen LogP contribution in [0.25, 0.3) is 0 Å². The molecule has 2 aromatic heterocycles. The topological polar surface area (TPSA) is 43.2 Å². The Kier molecular flexibility index (Phi) is 3.68. The van der Waals surface area contributed by atoms with E-state index in [-0.39, 0.29) is 6.10 Å². The van der Waals surface area contributed by atoms with Gasteiger partial charge in [-0.15, -0.1) is 11.3 Å². The van der Waals surface area contributed by atoms with Crippen molar-refractivity contribution in [1.82, 2.24) is 19.7 Å². The Hall–Kier alpha value is -1.24. The third kappa shape index (κ3) is 2.95. The first-order valence-corrected chi connectivity index (χ1v) is 7.03. The van der Waals surface area contributed by atoms with Crippen molar-refractivity contribution in [1.29, 1.82) is 0 Å². The lowest BCUT2D eigenvalue weighted by molar-refractivity contribution is -0.0405. The molecule has 18 heavy (non-hydrogen) atoms. The highest BCUT2D eigenvalue weighted by molar-refractivity contribution is 7.07. The Labute approximate surface area is 110 Å². The number of nitrogens with zero attached hydrogens (tertiary/aromatic N) is 4. The summed E-state index contributed by atoms with van der Waals surface area (Å²) in [5, 5.41) is 6.33. The molecule has 0 aromatic carbocycles. The monoisotopic (exact) mass is 264 g/mol. The van der Waals surface area contributed by atoms with E-state index < -0.39 is 0 Å². The van der Waals surface area contributed by atoms with Gasteiger partial charge >= 0.3 is 0 Å². The van der Waals surface area contributed by atoms with Crippen LogP contribution in [0.2, 0.25) is 0 Å².